The summed E-state index contributed by atoms with van der Waals surface area (Å²) < 4.78 is 2.09. The van der Waals surface area contributed by atoms with Crippen LogP contribution in [0.5, 0.6) is 0 Å². The van der Waals surface area contributed by atoms with Crippen molar-refractivity contribution in [2.45, 2.75) is 6.54 Å². The Morgan fingerprint density at radius 2 is 1.90 bits per heavy atom. The van der Waals surface area contributed by atoms with Crippen LogP contribution in [0, 0.1) is 0 Å². The van der Waals surface area contributed by atoms with Crippen LogP contribution in [0.4, 0.5) is 5.69 Å². The standard InChI is InChI=1S/C16H14ClN3/c17-14-3-1-2-12(10-14)11-20-9-8-19-16(20)13-4-6-15(18)7-5-13/h1-10H,11,18H2. The van der Waals surface area contributed by atoms with Gasteiger partial charge in [-0.3, -0.25) is 0 Å². The van der Waals surface area contributed by atoms with Crippen molar-refractivity contribution in [1.82, 2.24) is 9.55 Å². The van der Waals surface area contributed by atoms with Gasteiger partial charge in [-0.25, -0.2) is 4.98 Å². The van der Waals surface area contributed by atoms with Crippen molar-refractivity contribution in [3.8, 4) is 11.4 Å². The van der Waals surface area contributed by atoms with E-state index in [-0.39, 0.29) is 0 Å². The highest BCUT2D eigenvalue weighted by molar-refractivity contribution is 6.30. The molecule has 3 rings (SSSR count). The van der Waals surface area contributed by atoms with E-state index in [4.69, 9.17) is 17.3 Å². The lowest BCUT2D eigenvalue weighted by atomic mass is 10.2. The Hall–Kier alpha value is -2.26. The molecule has 3 nitrogen and oxygen atoms in total. The van der Waals surface area contributed by atoms with E-state index in [0.29, 0.717) is 0 Å². The van der Waals surface area contributed by atoms with Gasteiger partial charge in [0.1, 0.15) is 5.82 Å². The van der Waals surface area contributed by atoms with Crippen LogP contribution in [-0.4, -0.2) is 9.55 Å². The summed E-state index contributed by atoms with van der Waals surface area (Å²) >= 11 is 6.02. The number of rotatable bonds is 3. The maximum absolute atomic E-state index is 6.02. The minimum absolute atomic E-state index is 0.736. The summed E-state index contributed by atoms with van der Waals surface area (Å²) in [4.78, 5) is 4.42. The molecule has 0 saturated carbocycles. The zero-order valence-corrected chi connectivity index (χ0v) is 11.6. The summed E-state index contributed by atoms with van der Waals surface area (Å²) in [6.07, 6.45) is 3.77. The van der Waals surface area contributed by atoms with Gasteiger partial charge in [0, 0.05) is 35.2 Å². The van der Waals surface area contributed by atoms with Crippen molar-refractivity contribution in [3.05, 3.63) is 71.5 Å². The molecule has 0 aliphatic heterocycles. The molecule has 0 fully saturated rings. The van der Waals surface area contributed by atoms with E-state index in [9.17, 15) is 0 Å². The molecule has 0 atom stereocenters. The highest BCUT2D eigenvalue weighted by atomic mass is 35.5. The van der Waals surface area contributed by atoms with E-state index in [0.717, 1.165) is 34.2 Å². The Bertz CT molecular complexity index is 717. The van der Waals surface area contributed by atoms with Crippen LogP contribution >= 0.6 is 11.6 Å². The number of anilines is 1. The van der Waals surface area contributed by atoms with E-state index in [2.05, 4.69) is 15.6 Å². The van der Waals surface area contributed by atoms with Crippen LogP contribution < -0.4 is 5.73 Å². The number of imidazole rings is 1. The third-order valence-corrected chi connectivity index (χ3v) is 3.36. The van der Waals surface area contributed by atoms with E-state index >= 15 is 0 Å². The molecule has 0 aliphatic rings. The van der Waals surface area contributed by atoms with Crippen LogP contribution in [0.15, 0.2) is 60.9 Å². The highest BCUT2D eigenvalue weighted by Gasteiger charge is 2.06. The molecule has 1 aromatic heterocycles. The molecule has 4 heteroatoms. The molecule has 0 radical (unpaired) electrons. The molecular weight excluding hydrogens is 270 g/mol. The van der Waals surface area contributed by atoms with Crippen LogP contribution in [0.1, 0.15) is 5.56 Å². The molecule has 20 heavy (non-hydrogen) atoms. The largest absolute Gasteiger partial charge is 0.399 e. The van der Waals surface area contributed by atoms with Gasteiger partial charge >= 0.3 is 0 Å². The predicted molar refractivity (Wildman–Crippen MR) is 82.6 cm³/mol. The Morgan fingerprint density at radius 1 is 1.10 bits per heavy atom. The Labute approximate surface area is 122 Å². The van der Waals surface area contributed by atoms with Crippen molar-refractivity contribution >= 4 is 17.3 Å². The average molecular weight is 284 g/mol. The lowest BCUT2D eigenvalue weighted by Crippen LogP contribution is -2.01. The number of hydrogen-bond acceptors (Lipinski definition) is 2. The highest BCUT2D eigenvalue weighted by Crippen LogP contribution is 2.20. The van der Waals surface area contributed by atoms with Crippen molar-refractivity contribution in [2.75, 3.05) is 5.73 Å². The third-order valence-electron chi connectivity index (χ3n) is 3.13. The Morgan fingerprint density at radius 3 is 2.65 bits per heavy atom. The summed E-state index contributed by atoms with van der Waals surface area (Å²) in [6.45, 7) is 0.736. The molecule has 2 N–H and O–H groups in total. The number of hydrogen-bond donors (Lipinski definition) is 1. The first kappa shape index (κ1) is 12.8. The number of benzene rings is 2. The number of halogens is 1. The van der Waals surface area contributed by atoms with Crippen LogP contribution in [0.2, 0.25) is 5.02 Å². The lowest BCUT2D eigenvalue weighted by molar-refractivity contribution is 0.807. The lowest BCUT2D eigenvalue weighted by Gasteiger charge is -2.08. The van der Waals surface area contributed by atoms with Gasteiger partial charge in [-0.15, -0.1) is 0 Å². The summed E-state index contributed by atoms with van der Waals surface area (Å²) in [5, 5.41) is 0.747. The van der Waals surface area contributed by atoms with Crippen molar-refractivity contribution in [3.63, 3.8) is 0 Å². The summed E-state index contributed by atoms with van der Waals surface area (Å²) in [6, 6.07) is 15.6. The second-order valence-electron chi connectivity index (χ2n) is 4.63. The van der Waals surface area contributed by atoms with Crippen molar-refractivity contribution in [2.24, 2.45) is 0 Å². The van der Waals surface area contributed by atoms with Gasteiger partial charge in [-0.1, -0.05) is 23.7 Å². The second kappa shape index (κ2) is 5.39. The van der Waals surface area contributed by atoms with Gasteiger partial charge in [-0.05, 0) is 42.0 Å². The first-order valence-corrected chi connectivity index (χ1v) is 6.72. The topological polar surface area (TPSA) is 43.8 Å². The summed E-state index contributed by atoms with van der Waals surface area (Å²) in [5.41, 5.74) is 8.66. The van der Waals surface area contributed by atoms with E-state index in [1.807, 2.05) is 48.7 Å². The van der Waals surface area contributed by atoms with Crippen LogP contribution in [0.3, 0.4) is 0 Å². The zero-order valence-electron chi connectivity index (χ0n) is 10.8. The average Bonchev–Trinajstić information content (AvgIpc) is 2.88. The summed E-state index contributed by atoms with van der Waals surface area (Å²) in [5.74, 6) is 0.921. The SMILES string of the molecule is Nc1ccc(-c2nccn2Cc2cccc(Cl)c2)cc1. The van der Waals surface area contributed by atoms with Crippen LogP contribution in [-0.2, 0) is 6.54 Å². The fraction of sp³-hybridized carbons (Fsp3) is 0.0625. The maximum atomic E-state index is 6.02. The van der Waals surface area contributed by atoms with E-state index in [1.165, 1.54) is 0 Å². The summed E-state index contributed by atoms with van der Waals surface area (Å²) in [7, 11) is 0. The molecule has 0 bridgehead atoms. The van der Waals surface area contributed by atoms with E-state index in [1.54, 1.807) is 6.20 Å². The minimum atomic E-state index is 0.736. The molecule has 0 unspecified atom stereocenters. The molecule has 0 aliphatic carbocycles. The van der Waals surface area contributed by atoms with Gasteiger partial charge in [-0.2, -0.15) is 0 Å². The number of nitrogens with two attached hydrogens (primary N) is 1. The predicted octanol–water partition coefficient (Wildman–Crippen LogP) is 3.83. The quantitative estimate of drug-likeness (QED) is 0.742. The molecule has 1 heterocycles. The van der Waals surface area contributed by atoms with Gasteiger partial charge in [0.15, 0.2) is 0 Å². The Kier molecular flexibility index (Phi) is 3.44. The fourth-order valence-corrected chi connectivity index (χ4v) is 2.37. The van der Waals surface area contributed by atoms with Gasteiger partial charge in [0.25, 0.3) is 0 Å². The zero-order chi connectivity index (χ0) is 13.9. The minimum Gasteiger partial charge on any atom is -0.399 e. The maximum Gasteiger partial charge on any atom is 0.140 e. The van der Waals surface area contributed by atoms with Crippen LogP contribution in [0.25, 0.3) is 11.4 Å². The first-order valence-electron chi connectivity index (χ1n) is 6.34. The number of nitrogens with zero attached hydrogens (tertiary/aromatic N) is 2. The van der Waals surface area contributed by atoms with Gasteiger partial charge < -0.3 is 10.3 Å². The van der Waals surface area contributed by atoms with Crippen molar-refractivity contribution < 1.29 is 0 Å². The third kappa shape index (κ3) is 2.68. The number of nitrogen functional groups attached to an aromatic ring is 1. The second-order valence-corrected chi connectivity index (χ2v) is 5.07. The molecular formula is C16H14ClN3. The molecule has 0 spiro atoms. The smallest absolute Gasteiger partial charge is 0.140 e. The fourth-order valence-electron chi connectivity index (χ4n) is 2.16. The molecule has 2 aromatic carbocycles. The van der Waals surface area contributed by atoms with E-state index < -0.39 is 0 Å². The van der Waals surface area contributed by atoms with Gasteiger partial charge in [0.05, 0.1) is 0 Å². The molecule has 0 saturated heterocycles. The first-order chi connectivity index (χ1) is 9.72. The Balaban J connectivity index is 1.92. The molecule has 3 aromatic rings. The normalized spacial score (nSPS) is 10.7. The molecule has 0 amide bonds. The monoisotopic (exact) mass is 283 g/mol. The molecule has 100 valence electrons. The van der Waals surface area contributed by atoms with Crippen molar-refractivity contribution in [1.29, 1.82) is 0 Å². The van der Waals surface area contributed by atoms with Gasteiger partial charge in [0.2, 0.25) is 0 Å². The number of aromatic nitrogens is 2.